The zero-order valence-corrected chi connectivity index (χ0v) is 13.2. The zero-order chi connectivity index (χ0) is 15.5. The predicted molar refractivity (Wildman–Crippen MR) is 86.8 cm³/mol. The summed E-state index contributed by atoms with van der Waals surface area (Å²) in [6.07, 6.45) is 0.316. The highest BCUT2D eigenvalue weighted by Gasteiger charge is 2.22. The van der Waals surface area contributed by atoms with Gasteiger partial charge >= 0.3 is 0 Å². The van der Waals surface area contributed by atoms with Crippen LogP contribution in [0.2, 0.25) is 0 Å². The third kappa shape index (κ3) is 3.27. The zero-order valence-electron chi connectivity index (χ0n) is 12.4. The third-order valence-corrected chi connectivity index (χ3v) is 4.59. The highest BCUT2D eigenvalue weighted by atomic mass is 32.2. The third-order valence-electron chi connectivity index (χ3n) is 3.70. The number of carbonyl (C=O) groups is 2. The number of nitrogens with one attached hydrogen (secondary N) is 1. The van der Waals surface area contributed by atoms with Gasteiger partial charge in [-0.05, 0) is 19.1 Å². The summed E-state index contributed by atoms with van der Waals surface area (Å²) in [6.45, 7) is 3.10. The monoisotopic (exact) mass is 318 g/mol. The topological polar surface area (TPSA) is 62.6 Å². The molecule has 0 radical (unpaired) electrons. The summed E-state index contributed by atoms with van der Waals surface area (Å²) in [4.78, 5) is 25.2. The highest BCUT2D eigenvalue weighted by molar-refractivity contribution is 8.13. The fourth-order valence-corrected chi connectivity index (χ4v) is 3.32. The SMILES string of the molecule is CC(NC(=O)CCN1CCSC1=O)c1cc2ccccc2o1. The van der Waals surface area contributed by atoms with Crippen LogP contribution in [0.25, 0.3) is 11.0 Å². The van der Waals surface area contributed by atoms with Crippen LogP contribution in [-0.4, -0.2) is 34.9 Å². The van der Waals surface area contributed by atoms with Crippen LogP contribution in [0.15, 0.2) is 34.7 Å². The van der Waals surface area contributed by atoms with Gasteiger partial charge in [0, 0.05) is 30.6 Å². The van der Waals surface area contributed by atoms with Gasteiger partial charge in [0.1, 0.15) is 11.3 Å². The van der Waals surface area contributed by atoms with E-state index in [0.29, 0.717) is 13.0 Å². The number of para-hydroxylation sites is 1. The normalized spacial score (nSPS) is 16.2. The van der Waals surface area contributed by atoms with E-state index in [0.717, 1.165) is 29.0 Å². The number of nitrogens with zero attached hydrogens (tertiary/aromatic N) is 1. The van der Waals surface area contributed by atoms with E-state index in [4.69, 9.17) is 4.42 Å². The van der Waals surface area contributed by atoms with Crippen molar-refractivity contribution in [2.75, 3.05) is 18.8 Å². The summed E-state index contributed by atoms with van der Waals surface area (Å²) in [6, 6.07) is 9.52. The Kier molecular flexibility index (Phi) is 4.38. The lowest BCUT2D eigenvalue weighted by atomic mass is 10.2. The number of fused-ring (bicyclic) bond motifs is 1. The quantitative estimate of drug-likeness (QED) is 0.920. The van der Waals surface area contributed by atoms with Gasteiger partial charge < -0.3 is 14.6 Å². The molecule has 0 saturated carbocycles. The van der Waals surface area contributed by atoms with Crippen molar-refractivity contribution in [3.8, 4) is 0 Å². The van der Waals surface area contributed by atoms with Gasteiger partial charge in [-0.15, -0.1) is 0 Å². The van der Waals surface area contributed by atoms with Gasteiger partial charge in [-0.2, -0.15) is 0 Å². The van der Waals surface area contributed by atoms with Crippen LogP contribution in [0.5, 0.6) is 0 Å². The van der Waals surface area contributed by atoms with Crippen molar-refractivity contribution in [1.29, 1.82) is 0 Å². The molecule has 1 fully saturated rings. The average Bonchev–Trinajstić information content (AvgIpc) is 3.11. The van der Waals surface area contributed by atoms with Crippen LogP contribution in [-0.2, 0) is 4.79 Å². The summed E-state index contributed by atoms with van der Waals surface area (Å²) in [7, 11) is 0. The molecular weight excluding hydrogens is 300 g/mol. The lowest BCUT2D eigenvalue weighted by molar-refractivity contribution is -0.122. The minimum Gasteiger partial charge on any atom is -0.459 e. The molecule has 6 heteroatoms. The Hall–Kier alpha value is -1.95. The fourth-order valence-electron chi connectivity index (χ4n) is 2.47. The van der Waals surface area contributed by atoms with Crippen molar-refractivity contribution in [3.63, 3.8) is 0 Å². The van der Waals surface area contributed by atoms with Gasteiger partial charge in [0.15, 0.2) is 0 Å². The Morgan fingerprint density at radius 1 is 1.45 bits per heavy atom. The number of furan rings is 1. The van der Waals surface area contributed by atoms with Crippen LogP contribution in [0.1, 0.15) is 25.1 Å². The van der Waals surface area contributed by atoms with Crippen LogP contribution < -0.4 is 5.32 Å². The van der Waals surface area contributed by atoms with Crippen LogP contribution in [0.4, 0.5) is 4.79 Å². The molecule has 1 aliphatic heterocycles. The number of amides is 2. The molecule has 0 aliphatic carbocycles. The van der Waals surface area contributed by atoms with Gasteiger partial charge in [-0.3, -0.25) is 9.59 Å². The lowest BCUT2D eigenvalue weighted by Crippen LogP contribution is -2.32. The number of rotatable bonds is 5. The minimum absolute atomic E-state index is 0.0677. The molecule has 1 atom stereocenters. The Morgan fingerprint density at radius 3 is 3.00 bits per heavy atom. The molecule has 1 saturated heterocycles. The maximum atomic E-state index is 12.0. The van der Waals surface area contributed by atoms with E-state index in [2.05, 4.69) is 5.32 Å². The van der Waals surface area contributed by atoms with E-state index in [9.17, 15) is 9.59 Å². The van der Waals surface area contributed by atoms with Crippen LogP contribution >= 0.6 is 11.8 Å². The first-order valence-corrected chi connectivity index (χ1v) is 8.31. The van der Waals surface area contributed by atoms with Crippen LogP contribution in [0, 0.1) is 0 Å². The van der Waals surface area contributed by atoms with Crippen LogP contribution in [0.3, 0.4) is 0 Å². The smallest absolute Gasteiger partial charge is 0.281 e. The van der Waals surface area contributed by atoms with Gasteiger partial charge in [0.25, 0.3) is 5.24 Å². The van der Waals surface area contributed by atoms with Gasteiger partial charge in [0.05, 0.1) is 6.04 Å². The second-order valence-electron chi connectivity index (χ2n) is 5.33. The second-order valence-corrected chi connectivity index (χ2v) is 6.37. The fraction of sp³-hybridized carbons (Fsp3) is 0.375. The van der Waals surface area contributed by atoms with Crippen molar-refractivity contribution >= 4 is 33.9 Å². The van der Waals surface area contributed by atoms with Crippen molar-refractivity contribution in [3.05, 3.63) is 36.1 Å². The first-order valence-electron chi connectivity index (χ1n) is 7.33. The van der Waals surface area contributed by atoms with Crippen molar-refractivity contribution in [2.24, 2.45) is 0 Å². The molecule has 2 aromatic rings. The summed E-state index contributed by atoms with van der Waals surface area (Å²) < 4.78 is 5.74. The molecule has 5 nitrogen and oxygen atoms in total. The summed E-state index contributed by atoms with van der Waals surface area (Å²) in [5.74, 6) is 1.48. The average molecular weight is 318 g/mol. The van der Waals surface area contributed by atoms with E-state index >= 15 is 0 Å². The molecule has 0 bridgehead atoms. The van der Waals surface area contributed by atoms with E-state index in [1.54, 1.807) is 4.90 Å². The number of thioether (sulfide) groups is 1. The Labute approximate surface area is 133 Å². The highest BCUT2D eigenvalue weighted by Crippen LogP contribution is 2.23. The molecule has 2 heterocycles. The van der Waals surface area contributed by atoms with Crippen molar-refractivity contribution in [2.45, 2.75) is 19.4 Å². The molecule has 1 unspecified atom stereocenters. The molecule has 22 heavy (non-hydrogen) atoms. The maximum Gasteiger partial charge on any atom is 0.281 e. The molecule has 3 rings (SSSR count). The number of benzene rings is 1. The first-order chi connectivity index (χ1) is 10.6. The minimum atomic E-state index is -0.191. The van der Waals surface area contributed by atoms with Gasteiger partial charge in [-0.25, -0.2) is 0 Å². The van der Waals surface area contributed by atoms with Gasteiger partial charge in [0.2, 0.25) is 5.91 Å². The van der Waals surface area contributed by atoms with E-state index in [-0.39, 0.29) is 17.2 Å². The standard InChI is InChI=1S/C16H18N2O3S/c1-11(14-10-12-4-2-3-5-13(12)21-14)17-15(19)6-7-18-8-9-22-16(18)20/h2-5,10-11H,6-9H2,1H3,(H,17,19). The summed E-state index contributed by atoms with van der Waals surface area (Å²) in [5.41, 5.74) is 0.818. The molecule has 2 amide bonds. The molecule has 1 aromatic heterocycles. The molecule has 1 N–H and O–H groups in total. The Balaban J connectivity index is 1.55. The summed E-state index contributed by atoms with van der Waals surface area (Å²) >= 11 is 1.31. The molecule has 1 aromatic carbocycles. The molecular formula is C16H18N2O3S. The van der Waals surface area contributed by atoms with Crippen molar-refractivity contribution < 1.29 is 14.0 Å². The number of carbonyl (C=O) groups excluding carboxylic acids is 2. The number of hydrogen-bond donors (Lipinski definition) is 1. The van der Waals surface area contributed by atoms with E-state index in [1.807, 2.05) is 37.3 Å². The molecule has 116 valence electrons. The predicted octanol–water partition coefficient (Wildman–Crippen LogP) is 3.17. The Morgan fingerprint density at radius 2 is 2.27 bits per heavy atom. The van der Waals surface area contributed by atoms with E-state index in [1.165, 1.54) is 11.8 Å². The van der Waals surface area contributed by atoms with Crippen molar-refractivity contribution in [1.82, 2.24) is 10.2 Å². The number of hydrogen-bond acceptors (Lipinski definition) is 4. The second kappa shape index (κ2) is 6.44. The molecule has 0 spiro atoms. The van der Waals surface area contributed by atoms with Gasteiger partial charge in [-0.1, -0.05) is 30.0 Å². The maximum absolute atomic E-state index is 12.0. The Bertz CT molecular complexity index is 665. The largest absolute Gasteiger partial charge is 0.459 e. The first kappa shape index (κ1) is 15.0. The lowest BCUT2D eigenvalue weighted by Gasteiger charge is -2.15. The summed E-state index contributed by atoms with van der Waals surface area (Å²) in [5, 5.41) is 4.01. The van der Waals surface area contributed by atoms with E-state index < -0.39 is 0 Å². The molecule has 1 aliphatic rings.